The molecule has 3 aromatic rings. The molecule has 0 atom stereocenters. The Labute approximate surface area is 162 Å². The van der Waals surface area contributed by atoms with E-state index in [9.17, 15) is 4.79 Å². The maximum Gasteiger partial charge on any atom is 0.225 e. The number of rotatable bonds is 8. The fraction of sp³-hybridized carbons (Fsp3) is 0.263. The Hall–Kier alpha value is -2.87. The predicted molar refractivity (Wildman–Crippen MR) is 105 cm³/mol. The number of ether oxygens (including phenoxy) is 1. The highest BCUT2D eigenvalue weighted by Crippen LogP contribution is 2.21. The van der Waals surface area contributed by atoms with E-state index in [1.807, 2.05) is 62.4 Å². The van der Waals surface area contributed by atoms with Gasteiger partial charge in [0.1, 0.15) is 5.75 Å². The van der Waals surface area contributed by atoms with E-state index in [0.717, 1.165) is 22.7 Å². The van der Waals surface area contributed by atoms with Gasteiger partial charge >= 0.3 is 0 Å². The third kappa shape index (κ3) is 5.30. The molecule has 1 amide bonds. The van der Waals surface area contributed by atoms with Gasteiger partial charge in [0.25, 0.3) is 0 Å². The summed E-state index contributed by atoms with van der Waals surface area (Å²) in [6.45, 7) is 4.58. The van der Waals surface area contributed by atoms with Gasteiger partial charge in [-0.3, -0.25) is 4.79 Å². The molecular formula is C19H21N5O2S. The molecule has 0 aliphatic heterocycles. The first-order chi connectivity index (χ1) is 13.2. The van der Waals surface area contributed by atoms with Crippen LogP contribution in [0.3, 0.4) is 0 Å². The summed E-state index contributed by atoms with van der Waals surface area (Å²) in [5, 5.41) is 15.3. The number of carbonyl (C=O) groups excluding carboxylic acids is 1. The second-order valence-electron chi connectivity index (χ2n) is 5.81. The van der Waals surface area contributed by atoms with Gasteiger partial charge < -0.3 is 10.1 Å². The first kappa shape index (κ1) is 18.9. The molecule has 3 rings (SSSR count). The number of hydrogen-bond donors (Lipinski definition) is 1. The Bertz CT molecular complexity index is 878. The molecule has 0 saturated heterocycles. The maximum atomic E-state index is 12.1. The Kier molecular flexibility index (Phi) is 6.43. The number of nitrogens with one attached hydrogen (secondary N) is 1. The molecule has 7 nitrogen and oxygen atoms in total. The van der Waals surface area contributed by atoms with Crippen LogP contribution < -0.4 is 10.1 Å². The lowest BCUT2D eigenvalue weighted by atomic mass is 10.2. The van der Waals surface area contributed by atoms with E-state index in [1.54, 1.807) is 4.68 Å². The summed E-state index contributed by atoms with van der Waals surface area (Å²) in [5.41, 5.74) is 2.80. The average molecular weight is 383 g/mol. The molecule has 0 aliphatic carbocycles. The molecule has 1 heterocycles. The van der Waals surface area contributed by atoms with Gasteiger partial charge in [0.2, 0.25) is 11.1 Å². The molecule has 1 N–H and O–H groups in total. The highest BCUT2D eigenvalue weighted by atomic mass is 32.2. The van der Waals surface area contributed by atoms with Gasteiger partial charge in [-0.1, -0.05) is 29.5 Å². The maximum absolute atomic E-state index is 12.1. The SMILES string of the molecule is CCOc1ccc(-n2nnnc2SCCC(=O)Nc2ccc(C)cc2)cc1. The Morgan fingerprint density at radius 1 is 1.15 bits per heavy atom. The van der Waals surface area contributed by atoms with Gasteiger partial charge in [-0.2, -0.15) is 4.68 Å². The van der Waals surface area contributed by atoms with Crippen molar-refractivity contribution >= 4 is 23.4 Å². The summed E-state index contributed by atoms with van der Waals surface area (Å²) in [7, 11) is 0. The fourth-order valence-electron chi connectivity index (χ4n) is 2.38. The quantitative estimate of drug-likeness (QED) is 0.600. The van der Waals surface area contributed by atoms with Crippen molar-refractivity contribution in [2.75, 3.05) is 17.7 Å². The van der Waals surface area contributed by atoms with Crippen LogP contribution in [0.4, 0.5) is 5.69 Å². The minimum absolute atomic E-state index is 0.0357. The number of carbonyl (C=O) groups is 1. The number of nitrogens with zero attached hydrogens (tertiary/aromatic N) is 4. The van der Waals surface area contributed by atoms with Crippen LogP contribution in [0.1, 0.15) is 18.9 Å². The number of aryl methyl sites for hydroxylation is 1. The molecule has 2 aromatic carbocycles. The second-order valence-corrected chi connectivity index (χ2v) is 6.87. The van der Waals surface area contributed by atoms with Crippen LogP contribution >= 0.6 is 11.8 Å². The molecule has 0 radical (unpaired) electrons. The highest BCUT2D eigenvalue weighted by Gasteiger charge is 2.10. The Morgan fingerprint density at radius 2 is 1.89 bits per heavy atom. The first-order valence-corrected chi connectivity index (χ1v) is 9.65. The van der Waals surface area contributed by atoms with Crippen molar-refractivity contribution in [1.29, 1.82) is 0 Å². The van der Waals surface area contributed by atoms with Crippen molar-refractivity contribution < 1.29 is 9.53 Å². The zero-order valence-electron chi connectivity index (χ0n) is 15.3. The minimum Gasteiger partial charge on any atom is -0.494 e. The molecule has 0 unspecified atom stereocenters. The van der Waals surface area contributed by atoms with Gasteiger partial charge in [0.15, 0.2) is 0 Å². The molecule has 27 heavy (non-hydrogen) atoms. The van der Waals surface area contributed by atoms with E-state index in [0.29, 0.717) is 23.9 Å². The van der Waals surface area contributed by atoms with E-state index in [2.05, 4.69) is 20.8 Å². The number of benzene rings is 2. The van der Waals surface area contributed by atoms with Crippen molar-refractivity contribution in [3.63, 3.8) is 0 Å². The summed E-state index contributed by atoms with van der Waals surface area (Å²) in [5.74, 6) is 1.34. The van der Waals surface area contributed by atoms with E-state index in [4.69, 9.17) is 4.74 Å². The highest BCUT2D eigenvalue weighted by molar-refractivity contribution is 7.99. The van der Waals surface area contributed by atoms with Gasteiger partial charge in [0.05, 0.1) is 12.3 Å². The lowest BCUT2D eigenvalue weighted by Crippen LogP contribution is -2.12. The van der Waals surface area contributed by atoms with Crippen LogP contribution in [0.5, 0.6) is 5.75 Å². The summed E-state index contributed by atoms with van der Waals surface area (Å²) < 4.78 is 7.10. The lowest BCUT2D eigenvalue weighted by molar-refractivity contribution is -0.115. The zero-order valence-corrected chi connectivity index (χ0v) is 16.1. The average Bonchev–Trinajstić information content (AvgIpc) is 3.13. The fourth-order valence-corrected chi connectivity index (χ4v) is 3.21. The van der Waals surface area contributed by atoms with E-state index in [1.165, 1.54) is 11.8 Å². The topological polar surface area (TPSA) is 81.9 Å². The summed E-state index contributed by atoms with van der Waals surface area (Å²) in [4.78, 5) is 12.1. The Morgan fingerprint density at radius 3 is 2.59 bits per heavy atom. The van der Waals surface area contributed by atoms with Crippen molar-refractivity contribution in [2.24, 2.45) is 0 Å². The van der Waals surface area contributed by atoms with Crippen LogP contribution in [-0.2, 0) is 4.79 Å². The third-order valence-corrected chi connectivity index (χ3v) is 4.65. The largest absolute Gasteiger partial charge is 0.494 e. The molecule has 0 saturated carbocycles. The predicted octanol–water partition coefficient (Wildman–Crippen LogP) is 3.49. The van der Waals surface area contributed by atoms with Crippen LogP contribution in [0.15, 0.2) is 53.7 Å². The minimum atomic E-state index is -0.0357. The van der Waals surface area contributed by atoms with E-state index >= 15 is 0 Å². The summed E-state index contributed by atoms with van der Waals surface area (Å²) >= 11 is 1.44. The van der Waals surface area contributed by atoms with Gasteiger partial charge in [-0.05, 0) is 60.7 Å². The number of amides is 1. The lowest BCUT2D eigenvalue weighted by Gasteiger charge is -2.07. The number of tetrazole rings is 1. The van der Waals surface area contributed by atoms with Crippen molar-refractivity contribution in [2.45, 2.75) is 25.4 Å². The van der Waals surface area contributed by atoms with Crippen LogP contribution in [0.2, 0.25) is 0 Å². The van der Waals surface area contributed by atoms with Crippen LogP contribution in [0.25, 0.3) is 5.69 Å². The van der Waals surface area contributed by atoms with Crippen molar-refractivity contribution in [1.82, 2.24) is 20.2 Å². The second kappa shape index (κ2) is 9.18. The number of anilines is 1. The van der Waals surface area contributed by atoms with Gasteiger partial charge in [-0.25, -0.2) is 0 Å². The third-order valence-electron chi connectivity index (χ3n) is 3.73. The normalized spacial score (nSPS) is 10.6. The monoisotopic (exact) mass is 383 g/mol. The smallest absolute Gasteiger partial charge is 0.225 e. The molecular weight excluding hydrogens is 362 g/mol. The molecule has 0 spiro atoms. The zero-order chi connectivity index (χ0) is 19.1. The van der Waals surface area contributed by atoms with Crippen molar-refractivity contribution in [3.05, 3.63) is 54.1 Å². The van der Waals surface area contributed by atoms with Gasteiger partial charge in [0, 0.05) is 17.9 Å². The van der Waals surface area contributed by atoms with Gasteiger partial charge in [-0.15, -0.1) is 5.10 Å². The van der Waals surface area contributed by atoms with E-state index < -0.39 is 0 Å². The molecule has 1 aromatic heterocycles. The number of aromatic nitrogens is 4. The number of thioether (sulfide) groups is 1. The van der Waals surface area contributed by atoms with E-state index in [-0.39, 0.29) is 5.91 Å². The molecule has 0 bridgehead atoms. The molecule has 0 fully saturated rings. The summed E-state index contributed by atoms with van der Waals surface area (Å²) in [6, 6.07) is 15.3. The first-order valence-electron chi connectivity index (χ1n) is 8.66. The van der Waals surface area contributed by atoms with Crippen LogP contribution in [0, 0.1) is 6.92 Å². The van der Waals surface area contributed by atoms with Crippen LogP contribution in [-0.4, -0.2) is 38.5 Å². The van der Waals surface area contributed by atoms with Crippen molar-refractivity contribution in [3.8, 4) is 11.4 Å². The molecule has 8 heteroatoms. The number of hydrogen-bond acceptors (Lipinski definition) is 6. The molecule has 140 valence electrons. The standard InChI is InChI=1S/C19H21N5O2S/c1-3-26-17-10-8-16(9-11-17)24-19(21-22-23-24)27-13-12-18(25)20-15-6-4-14(2)5-7-15/h4-11H,3,12-13H2,1-2H3,(H,20,25). The Balaban J connectivity index is 1.54. The summed E-state index contributed by atoms with van der Waals surface area (Å²) in [6.07, 6.45) is 0.370. The molecule has 0 aliphatic rings.